The first-order valence-electron chi connectivity index (χ1n) is 9.11. The average molecular weight is 341 g/mol. The second-order valence-electron chi connectivity index (χ2n) is 6.88. The van der Waals surface area contributed by atoms with Crippen LogP contribution in [0.15, 0.2) is 75.9 Å². The van der Waals surface area contributed by atoms with E-state index in [-0.39, 0.29) is 5.43 Å². The van der Waals surface area contributed by atoms with Crippen molar-refractivity contribution in [1.82, 2.24) is 0 Å². The zero-order valence-electron chi connectivity index (χ0n) is 14.4. The van der Waals surface area contributed by atoms with Crippen molar-refractivity contribution in [3.8, 4) is 11.3 Å². The van der Waals surface area contributed by atoms with Crippen molar-refractivity contribution in [2.24, 2.45) is 0 Å². The molecular weight excluding hydrogens is 322 g/mol. The highest BCUT2D eigenvalue weighted by Gasteiger charge is 2.13. The fourth-order valence-electron chi connectivity index (χ4n) is 3.84. The molecule has 0 amide bonds. The lowest BCUT2D eigenvalue weighted by Gasteiger charge is -2.17. The lowest BCUT2D eigenvalue weighted by molar-refractivity contribution is 0.622. The second-order valence-corrected chi connectivity index (χ2v) is 6.88. The van der Waals surface area contributed by atoms with Crippen LogP contribution in [-0.4, -0.2) is 13.1 Å². The Morgan fingerprint density at radius 1 is 0.808 bits per heavy atom. The highest BCUT2D eigenvalue weighted by atomic mass is 16.3. The van der Waals surface area contributed by atoms with E-state index in [0.29, 0.717) is 16.7 Å². The zero-order chi connectivity index (χ0) is 17.5. The lowest BCUT2D eigenvalue weighted by atomic mass is 10.1. The molecule has 3 nitrogen and oxygen atoms in total. The zero-order valence-corrected chi connectivity index (χ0v) is 14.4. The number of nitrogens with zero attached hydrogens (tertiary/aromatic N) is 1. The highest BCUT2D eigenvalue weighted by Crippen LogP contribution is 2.29. The van der Waals surface area contributed by atoms with Crippen LogP contribution in [0.2, 0.25) is 0 Å². The highest BCUT2D eigenvalue weighted by molar-refractivity contribution is 6.04. The summed E-state index contributed by atoms with van der Waals surface area (Å²) in [5.74, 6) is 0.617. The molecule has 4 aromatic rings. The Morgan fingerprint density at radius 3 is 2.38 bits per heavy atom. The minimum atomic E-state index is -0.00405. The molecule has 1 fully saturated rings. The van der Waals surface area contributed by atoms with Crippen molar-refractivity contribution in [3.63, 3.8) is 0 Å². The van der Waals surface area contributed by atoms with Crippen molar-refractivity contribution in [2.45, 2.75) is 12.8 Å². The first-order chi connectivity index (χ1) is 12.8. The van der Waals surface area contributed by atoms with Crippen LogP contribution in [0.5, 0.6) is 0 Å². The van der Waals surface area contributed by atoms with Crippen LogP contribution >= 0.6 is 0 Å². The standard InChI is InChI=1S/C23H19NO2/c25-21-15-22(17-7-10-18(11-8-17)24-13-3-4-14-24)26-23-19-6-2-1-5-16(19)9-12-20(21)23/h1-2,5-12,15H,3-4,13-14H2. The molecule has 2 heterocycles. The molecule has 0 bridgehead atoms. The summed E-state index contributed by atoms with van der Waals surface area (Å²) in [6.45, 7) is 2.24. The van der Waals surface area contributed by atoms with Gasteiger partial charge in [-0.05, 0) is 48.6 Å². The molecular formula is C23H19NO2. The third-order valence-corrected chi connectivity index (χ3v) is 5.24. The molecule has 26 heavy (non-hydrogen) atoms. The molecule has 3 aromatic carbocycles. The van der Waals surface area contributed by atoms with Gasteiger partial charge in [0.15, 0.2) is 5.43 Å². The SMILES string of the molecule is O=c1cc(-c2ccc(N3CCCC3)cc2)oc2c1ccc1ccccc12. The van der Waals surface area contributed by atoms with E-state index in [1.165, 1.54) is 18.5 Å². The summed E-state index contributed by atoms with van der Waals surface area (Å²) >= 11 is 0. The van der Waals surface area contributed by atoms with Gasteiger partial charge in [0, 0.05) is 35.8 Å². The molecule has 0 unspecified atom stereocenters. The summed E-state index contributed by atoms with van der Waals surface area (Å²) in [7, 11) is 0. The minimum Gasteiger partial charge on any atom is -0.455 e. The Morgan fingerprint density at radius 2 is 1.58 bits per heavy atom. The average Bonchev–Trinajstić information content (AvgIpc) is 3.23. The summed E-state index contributed by atoms with van der Waals surface area (Å²) in [6, 6.07) is 21.7. The van der Waals surface area contributed by atoms with Gasteiger partial charge in [-0.2, -0.15) is 0 Å². The van der Waals surface area contributed by atoms with E-state index >= 15 is 0 Å². The van der Waals surface area contributed by atoms with Gasteiger partial charge in [-0.15, -0.1) is 0 Å². The number of hydrogen-bond donors (Lipinski definition) is 0. The second kappa shape index (κ2) is 6.03. The summed E-state index contributed by atoms with van der Waals surface area (Å²) in [5, 5.41) is 2.67. The summed E-state index contributed by atoms with van der Waals surface area (Å²) < 4.78 is 6.19. The van der Waals surface area contributed by atoms with Gasteiger partial charge in [0.05, 0.1) is 5.39 Å². The monoisotopic (exact) mass is 341 g/mol. The topological polar surface area (TPSA) is 33.5 Å². The van der Waals surface area contributed by atoms with Gasteiger partial charge in [0.25, 0.3) is 0 Å². The van der Waals surface area contributed by atoms with Crippen LogP contribution in [0.3, 0.4) is 0 Å². The van der Waals surface area contributed by atoms with Crippen molar-refractivity contribution >= 4 is 27.4 Å². The van der Waals surface area contributed by atoms with Gasteiger partial charge in [-0.3, -0.25) is 4.79 Å². The first kappa shape index (κ1) is 15.2. The maximum absolute atomic E-state index is 12.6. The fourth-order valence-corrected chi connectivity index (χ4v) is 3.84. The number of benzene rings is 3. The normalized spacial score (nSPS) is 14.4. The van der Waals surface area contributed by atoms with E-state index in [1.54, 1.807) is 6.07 Å². The van der Waals surface area contributed by atoms with Crippen molar-refractivity contribution in [2.75, 3.05) is 18.0 Å². The van der Waals surface area contributed by atoms with Crippen LogP contribution < -0.4 is 10.3 Å². The minimum absolute atomic E-state index is 0.00405. The first-order valence-corrected chi connectivity index (χ1v) is 9.11. The van der Waals surface area contributed by atoms with Crippen LogP contribution in [-0.2, 0) is 0 Å². The molecule has 0 aliphatic carbocycles. The number of rotatable bonds is 2. The van der Waals surface area contributed by atoms with Crippen LogP contribution in [0.4, 0.5) is 5.69 Å². The molecule has 128 valence electrons. The summed E-state index contributed by atoms with van der Waals surface area (Å²) in [4.78, 5) is 15.0. The van der Waals surface area contributed by atoms with E-state index < -0.39 is 0 Å². The molecule has 0 spiro atoms. The Hall–Kier alpha value is -3.07. The van der Waals surface area contributed by atoms with Crippen LogP contribution in [0, 0.1) is 0 Å². The number of fused-ring (bicyclic) bond motifs is 3. The van der Waals surface area contributed by atoms with E-state index in [1.807, 2.05) is 48.5 Å². The maximum atomic E-state index is 12.6. The summed E-state index contributed by atoms with van der Waals surface area (Å²) in [6.07, 6.45) is 2.52. The van der Waals surface area contributed by atoms with Crippen molar-refractivity contribution in [1.29, 1.82) is 0 Å². The Labute approximate surface area is 151 Å². The smallest absolute Gasteiger partial charge is 0.193 e. The molecule has 0 saturated carbocycles. The van der Waals surface area contributed by atoms with Crippen LogP contribution in [0.1, 0.15) is 12.8 Å². The van der Waals surface area contributed by atoms with Crippen molar-refractivity contribution in [3.05, 3.63) is 77.0 Å². The Kier molecular flexibility index (Phi) is 3.52. The van der Waals surface area contributed by atoms with Gasteiger partial charge in [0.2, 0.25) is 0 Å². The fraction of sp³-hybridized carbons (Fsp3) is 0.174. The lowest BCUT2D eigenvalue weighted by Crippen LogP contribution is -2.17. The van der Waals surface area contributed by atoms with Gasteiger partial charge >= 0.3 is 0 Å². The van der Waals surface area contributed by atoms with Gasteiger partial charge < -0.3 is 9.32 Å². The van der Waals surface area contributed by atoms with Gasteiger partial charge in [-0.25, -0.2) is 0 Å². The molecule has 0 N–H and O–H groups in total. The Balaban J connectivity index is 1.64. The molecule has 1 aliphatic heterocycles. The Bertz CT molecular complexity index is 1150. The van der Waals surface area contributed by atoms with E-state index in [9.17, 15) is 4.79 Å². The predicted octanol–water partition coefficient (Wildman–Crippen LogP) is 5.21. The molecule has 1 saturated heterocycles. The number of anilines is 1. The molecule has 0 radical (unpaired) electrons. The summed E-state index contributed by atoms with van der Waals surface area (Å²) in [5.41, 5.74) is 2.82. The van der Waals surface area contributed by atoms with Gasteiger partial charge in [-0.1, -0.05) is 30.3 Å². The molecule has 1 aromatic heterocycles. The van der Waals surface area contributed by atoms with E-state index in [4.69, 9.17) is 4.42 Å². The van der Waals surface area contributed by atoms with E-state index in [2.05, 4.69) is 17.0 Å². The largest absolute Gasteiger partial charge is 0.455 e. The molecule has 3 heteroatoms. The maximum Gasteiger partial charge on any atom is 0.193 e. The molecule has 5 rings (SSSR count). The molecule has 0 atom stereocenters. The van der Waals surface area contributed by atoms with Crippen molar-refractivity contribution < 1.29 is 4.42 Å². The predicted molar refractivity (Wildman–Crippen MR) is 107 cm³/mol. The van der Waals surface area contributed by atoms with Crippen LogP contribution in [0.25, 0.3) is 33.1 Å². The third-order valence-electron chi connectivity index (χ3n) is 5.24. The van der Waals surface area contributed by atoms with Gasteiger partial charge in [0.1, 0.15) is 11.3 Å². The number of hydrogen-bond acceptors (Lipinski definition) is 3. The molecule has 1 aliphatic rings. The quantitative estimate of drug-likeness (QED) is 0.469. The van der Waals surface area contributed by atoms with E-state index in [0.717, 1.165) is 29.4 Å². The third kappa shape index (κ3) is 2.48.